The Hall–Kier alpha value is -5.48. The molecule has 8 aromatic carbocycles. The molecule has 0 fully saturated rings. The molecule has 8 bridgehead atoms. The summed E-state index contributed by atoms with van der Waals surface area (Å²) in [6, 6.07) is 38.1. The van der Waals surface area contributed by atoms with E-state index in [2.05, 4.69) is 86.7 Å². The molecule has 0 unspecified atom stereocenters. The summed E-state index contributed by atoms with van der Waals surface area (Å²) in [5, 5.41) is 0. The maximum Gasteiger partial charge on any atom is 0.339 e. The van der Waals surface area contributed by atoms with Gasteiger partial charge in [-0.05, 0) is 119 Å². The van der Waals surface area contributed by atoms with Gasteiger partial charge >= 0.3 is 40.5 Å². The molecule has 24 heteroatoms. The van der Waals surface area contributed by atoms with Crippen LogP contribution >= 0.6 is 63.7 Å². The van der Waals surface area contributed by atoms with Crippen molar-refractivity contribution in [3.63, 3.8) is 0 Å². The number of hydrogen-bond donors (Lipinski definition) is 4. The van der Waals surface area contributed by atoms with Crippen molar-refractivity contribution >= 4 is 104 Å². The Balaban J connectivity index is 1.42. The molecule has 0 spiro atoms. The zero-order valence-electron chi connectivity index (χ0n) is 45.2. The minimum Gasteiger partial charge on any atom is -0.378 e. The third kappa shape index (κ3) is 15.0. The van der Waals surface area contributed by atoms with E-state index in [1.54, 1.807) is 97.1 Å². The van der Waals surface area contributed by atoms with Gasteiger partial charge in [0.2, 0.25) is 0 Å². The lowest BCUT2D eigenvalue weighted by atomic mass is 9.87. The highest BCUT2D eigenvalue weighted by Crippen LogP contribution is 2.44. The second-order valence-corrected chi connectivity index (χ2v) is 29.9. The van der Waals surface area contributed by atoms with Gasteiger partial charge in [0.05, 0.1) is 26.2 Å². The molecular weight excluding hydrogens is 1420 g/mol. The summed E-state index contributed by atoms with van der Waals surface area (Å²) in [4.78, 5) is -0.667. The molecule has 9 rings (SSSR count). The molecule has 0 amide bonds. The van der Waals surface area contributed by atoms with Crippen LogP contribution in [0.5, 0.6) is 23.0 Å². The van der Waals surface area contributed by atoms with Gasteiger partial charge in [0.15, 0.2) is 0 Å². The fraction of sp³-hybridized carbons (Fsp3) is 0.200. The Bertz CT molecular complexity index is 3600. The zero-order chi connectivity index (χ0) is 60.1. The lowest BCUT2D eigenvalue weighted by Gasteiger charge is -2.24. The summed E-state index contributed by atoms with van der Waals surface area (Å²) < 4.78 is 146. The number of rotatable bonds is 20. The molecule has 1 aliphatic carbocycles. The van der Waals surface area contributed by atoms with Crippen LogP contribution in [-0.4, -0.2) is 59.9 Å². The normalized spacial score (nSPS) is 12.9. The Morgan fingerprint density at radius 1 is 0.286 bits per heavy atom. The van der Waals surface area contributed by atoms with E-state index >= 15 is 0 Å². The van der Waals surface area contributed by atoms with Crippen molar-refractivity contribution in [3.8, 4) is 23.0 Å². The SMILES string of the molecule is [NH3+]CCc1cc2c(OS(=O)(=O)c3ccc(Br)cc3)c(c1)Cc1cc(CC[NH3+])cc(c1OS(=O)(=O)c1ccc(Br)cc1)Cc1cc(CC[NH3+])cc(c1OS(=O)(=O)c1ccc(Br)cc1)Cc1cc(CC[NH3+])cc(c1OS(=O)(=O)c1ccc(Br)cc1)C2. The number of hydrogen-bond acceptors (Lipinski definition) is 12. The molecular formula is C60H60Br4N4O12S4+4. The third-order valence-electron chi connectivity index (χ3n) is 13.8. The lowest BCUT2D eigenvalue weighted by Crippen LogP contribution is -2.51. The van der Waals surface area contributed by atoms with Crippen LogP contribution in [0.15, 0.2) is 183 Å². The van der Waals surface area contributed by atoms with E-state index in [-0.39, 0.29) is 68.3 Å². The summed E-state index contributed by atoms with van der Waals surface area (Å²) in [6.45, 7) is 1.66. The Labute approximate surface area is 523 Å². The van der Waals surface area contributed by atoms with Crippen molar-refractivity contribution < 1.29 is 73.3 Å². The topological polar surface area (TPSA) is 284 Å². The van der Waals surface area contributed by atoms with E-state index in [0.717, 1.165) is 0 Å². The van der Waals surface area contributed by atoms with Gasteiger partial charge < -0.3 is 39.7 Å². The monoisotopic (exact) mass is 1470 g/mol. The van der Waals surface area contributed by atoms with Gasteiger partial charge in [0.25, 0.3) is 0 Å². The largest absolute Gasteiger partial charge is 0.378 e. The van der Waals surface area contributed by atoms with E-state index in [1.807, 2.05) is 0 Å². The van der Waals surface area contributed by atoms with Crippen molar-refractivity contribution in [1.29, 1.82) is 0 Å². The number of fused-ring (bicyclic) bond motifs is 8. The van der Waals surface area contributed by atoms with Gasteiger partial charge in [0, 0.05) is 114 Å². The summed E-state index contributed by atoms with van der Waals surface area (Å²) in [5.41, 5.74) is 21.8. The maximum absolute atomic E-state index is 14.8. The van der Waals surface area contributed by atoms with Crippen LogP contribution in [0.1, 0.15) is 66.8 Å². The van der Waals surface area contributed by atoms with Gasteiger partial charge in [0.1, 0.15) is 42.6 Å². The van der Waals surface area contributed by atoms with Crippen LogP contribution in [0.25, 0.3) is 0 Å². The van der Waals surface area contributed by atoms with Gasteiger partial charge in [-0.25, -0.2) is 0 Å². The first kappa shape index (κ1) is 63.0. The van der Waals surface area contributed by atoms with Gasteiger partial charge in [-0.15, -0.1) is 0 Å². The van der Waals surface area contributed by atoms with Crippen molar-refractivity contribution in [2.45, 2.75) is 70.9 Å². The smallest absolute Gasteiger partial charge is 0.339 e. The summed E-state index contributed by atoms with van der Waals surface area (Å²) in [6.07, 6.45) is 0.804. The minimum atomic E-state index is -4.66. The zero-order valence-corrected chi connectivity index (χ0v) is 54.8. The standard InChI is InChI=1S/C60H56Br4N4O12S4/c61-49-1-9-53(10-2-49)81(69,70)77-57-41-25-37(17-21-65)26-42(57)34-44-28-39(19-23-67)30-46(59(44)79-83(73,74)55-13-5-51(63)6-14-55)36-48-32-40(20-24-68)31-47(60(48)80-84(75,76)56-15-7-52(64)8-16-56)35-45-29-38(18-22-66)27-43(33-41)58(45)78-82(71,72)54-11-3-50(62)4-12-54/h1-16,25-32H,17-24,33-36,65-68H2/p+4. The van der Waals surface area contributed by atoms with E-state index < -0.39 is 40.5 Å². The highest BCUT2D eigenvalue weighted by atomic mass is 79.9. The van der Waals surface area contributed by atoms with E-state index in [4.69, 9.17) is 16.7 Å². The van der Waals surface area contributed by atoms with Crippen LogP contribution in [0.3, 0.4) is 0 Å². The molecule has 0 aliphatic heterocycles. The van der Waals surface area contributed by atoms with E-state index in [1.165, 1.54) is 48.5 Å². The molecule has 84 heavy (non-hydrogen) atoms. The van der Waals surface area contributed by atoms with Crippen molar-refractivity contribution in [3.05, 3.63) is 230 Å². The maximum atomic E-state index is 14.8. The molecule has 0 heterocycles. The van der Waals surface area contributed by atoms with Gasteiger partial charge in [-0.1, -0.05) is 112 Å². The molecule has 440 valence electrons. The third-order valence-corrected chi connectivity index (χ3v) is 20.8. The Kier molecular flexibility index (Phi) is 20.0. The van der Waals surface area contributed by atoms with E-state index in [0.29, 0.717) is 137 Å². The summed E-state index contributed by atoms with van der Waals surface area (Å²) in [7, 11) is -18.6. The molecule has 12 N–H and O–H groups in total. The summed E-state index contributed by atoms with van der Waals surface area (Å²) >= 11 is 13.6. The first-order valence-corrected chi connectivity index (χ1v) is 35.3. The summed E-state index contributed by atoms with van der Waals surface area (Å²) in [5.74, 6) is -0.421. The number of benzene rings is 8. The second kappa shape index (κ2) is 26.6. The average Bonchev–Trinajstić information content (AvgIpc) is 2.69. The van der Waals surface area contributed by atoms with E-state index in [9.17, 15) is 33.7 Å². The Morgan fingerprint density at radius 3 is 0.583 bits per heavy atom. The molecule has 0 saturated carbocycles. The molecule has 8 aromatic rings. The molecule has 16 nitrogen and oxygen atoms in total. The fourth-order valence-corrected chi connectivity index (χ4v) is 15.1. The van der Waals surface area contributed by atoms with Crippen molar-refractivity contribution in [1.82, 2.24) is 0 Å². The second-order valence-electron chi connectivity index (χ2n) is 20.1. The molecule has 1 aliphatic rings. The molecule has 0 aromatic heterocycles. The number of halogens is 4. The molecule has 0 saturated heterocycles. The average molecular weight is 1480 g/mol. The highest BCUT2D eigenvalue weighted by molar-refractivity contribution is 9.11. The van der Waals surface area contributed by atoms with Crippen LogP contribution in [-0.2, 0) is 91.8 Å². The van der Waals surface area contributed by atoms with Gasteiger partial charge in [-0.2, -0.15) is 33.7 Å². The fourth-order valence-electron chi connectivity index (χ4n) is 10.0. The van der Waals surface area contributed by atoms with Gasteiger partial charge in [-0.3, -0.25) is 0 Å². The minimum absolute atomic E-state index is 0.105. The van der Waals surface area contributed by atoms with Crippen LogP contribution in [0.2, 0.25) is 0 Å². The number of quaternary nitrogens is 4. The Morgan fingerprint density at radius 2 is 0.440 bits per heavy atom. The predicted molar refractivity (Wildman–Crippen MR) is 331 cm³/mol. The first-order valence-electron chi connectivity index (χ1n) is 26.5. The van der Waals surface area contributed by atoms with Crippen LogP contribution in [0.4, 0.5) is 0 Å². The van der Waals surface area contributed by atoms with Crippen LogP contribution < -0.4 is 39.7 Å². The highest BCUT2D eigenvalue weighted by Gasteiger charge is 2.32. The quantitative estimate of drug-likeness (QED) is 0.0536. The first-order chi connectivity index (χ1) is 40.0. The van der Waals surface area contributed by atoms with Crippen molar-refractivity contribution in [2.75, 3.05) is 26.2 Å². The van der Waals surface area contributed by atoms with Crippen molar-refractivity contribution in [2.24, 2.45) is 0 Å². The molecule has 0 atom stereocenters. The lowest BCUT2D eigenvalue weighted by molar-refractivity contribution is -0.367. The predicted octanol–water partition coefficient (Wildman–Crippen LogP) is 7.62. The van der Waals surface area contributed by atoms with Crippen LogP contribution in [0, 0.1) is 0 Å². The molecule has 0 radical (unpaired) electrons.